The molecule has 4 heterocycles. The summed E-state index contributed by atoms with van der Waals surface area (Å²) in [5, 5.41) is 14.3. The van der Waals surface area contributed by atoms with Crippen LogP contribution in [0.4, 0.5) is 0 Å². The summed E-state index contributed by atoms with van der Waals surface area (Å²) in [5.41, 5.74) is 5.65. The molecule has 0 radical (unpaired) electrons. The number of carbonyl (C=O) groups is 2. The van der Waals surface area contributed by atoms with E-state index in [0.717, 1.165) is 68.2 Å². The Hall–Kier alpha value is -4.05. The maximum atomic E-state index is 13.4. The minimum absolute atomic E-state index is 0.134. The molecule has 0 unspecified atom stereocenters. The number of hydrogen-bond acceptors (Lipinski definition) is 5. The predicted molar refractivity (Wildman–Crippen MR) is 150 cm³/mol. The highest BCUT2D eigenvalue weighted by molar-refractivity contribution is 5.95. The average molecular weight is 542 g/mol. The van der Waals surface area contributed by atoms with Crippen molar-refractivity contribution < 1.29 is 14.7 Å². The summed E-state index contributed by atoms with van der Waals surface area (Å²) in [6, 6.07) is 10.0. The quantitative estimate of drug-likeness (QED) is 0.408. The Labute approximate surface area is 232 Å². The van der Waals surface area contributed by atoms with Gasteiger partial charge in [0.05, 0.1) is 29.0 Å². The minimum atomic E-state index is -0.347. The van der Waals surface area contributed by atoms with E-state index in [9.17, 15) is 14.7 Å². The SMILES string of the molecule is CC(=O)N1CCC(c2ccc3c(c2)[nH]/c(=N\C(=O)c2ccnc(-c4cnn(C)c4)c2)n3[C@H]2CC[C@@H](O)CC2)CC1. The summed E-state index contributed by atoms with van der Waals surface area (Å²) in [6.07, 6.45) is 9.88. The normalized spacial score (nSPS) is 20.8. The smallest absolute Gasteiger partial charge is 0.280 e. The first kappa shape index (κ1) is 26.2. The molecule has 1 aromatic carbocycles. The molecule has 10 nitrogen and oxygen atoms in total. The molecule has 1 aliphatic carbocycles. The van der Waals surface area contributed by atoms with Gasteiger partial charge in [-0.2, -0.15) is 10.1 Å². The standard InChI is InChI=1S/C30H35N7O3/c1-19(38)36-13-10-20(11-14-36)21-3-8-28-27(15-21)33-30(37(28)24-4-6-25(39)7-5-24)34-29(40)22-9-12-31-26(16-22)23-17-32-35(2)18-23/h3,8-9,12,15-18,20,24-25,39H,4-7,10-11,13-14H2,1-2H3,(H,33,34,40)/t24-,25+. The third kappa shape index (κ3) is 5.23. The number of benzene rings is 1. The first-order valence-corrected chi connectivity index (χ1v) is 14.1. The number of pyridine rings is 1. The number of fused-ring (bicyclic) bond motifs is 1. The zero-order valence-electron chi connectivity index (χ0n) is 23.0. The number of aliphatic hydroxyl groups is 1. The lowest BCUT2D eigenvalue weighted by Gasteiger charge is -2.31. The lowest BCUT2D eigenvalue weighted by atomic mass is 9.89. The number of nitrogens with zero attached hydrogens (tertiary/aromatic N) is 6. The molecule has 0 atom stereocenters. The summed E-state index contributed by atoms with van der Waals surface area (Å²) < 4.78 is 3.84. The molecule has 2 N–H and O–H groups in total. The fourth-order valence-corrected chi connectivity index (χ4v) is 6.14. The molecule has 0 bridgehead atoms. The molecule has 10 heteroatoms. The Morgan fingerprint density at radius 1 is 1.05 bits per heavy atom. The zero-order valence-corrected chi connectivity index (χ0v) is 23.0. The Morgan fingerprint density at radius 2 is 1.82 bits per heavy atom. The number of aliphatic hydroxyl groups excluding tert-OH is 1. The second-order valence-electron chi connectivity index (χ2n) is 11.1. The Morgan fingerprint density at radius 3 is 2.52 bits per heavy atom. The topological polar surface area (TPSA) is 121 Å². The molecule has 6 rings (SSSR count). The number of amides is 2. The van der Waals surface area contributed by atoms with Gasteiger partial charge in [-0.1, -0.05) is 6.07 Å². The molecule has 1 saturated carbocycles. The highest BCUT2D eigenvalue weighted by atomic mass is 16.3. The van der Waals surface area contributed by atoms with Crippen molar-refractivity contribution in [2.75, 3.05) is 13.1 Å². The van der Waals surface area contributed by atoms with Crippen LogP contribution in [0.5, 0.6) is 0 Å². The fraction of sp³-hybridized carbons (Fsp3) is 0.433. The summed E-state index contributed by atoms with van der Waals surface area (Å²) in [5.74, 6) is 0.168. The number of aromatic nitrogens is 5. The molecule has 2 fully saturated rings. The number of aryl methyl sites for hydroxylation is 1. The van der Waals surface area contributed by atoms with Gasteiger partial charge in [-0.15, -0.1) is 0 Å². The maximum Gasteiger partial charge on any atom is 0.280 e. The van der Waals surface area contributed by atoms with Gasteiger partial charge < -0.3 is 19.6 Å². The van der Waals surface area contributed by atoms with Crippen LogP contribution in [0.1, 0.15) is 73.3 Å². The molecule has 3 aromatic heterocycles. The molecule has 2 aliphatic rings. The summed E-state index contributed by atoms with van der Waals surface area (Å²) in [6.45, 7) is 3.18. The molecule has 2 amide bonds. The lowest BCUT2D eigenvalue weighted by molar-refractivity contribution is -0.129. The second-order valence-corrected chi connectivity index (χ2v) is 11.1. The second kappa shape index (κ2) is 10.8. The highest BCUT2D eigenvalue weighted by Crippen LogP contribution is 2.33. The Bertz CT molecular complexity index is 1620. The number of hydrogen-bond donors (Lipinski definition) is 2. The summed E-state index contributed by atoms with van der Waals surface area (Å²) in [7, 11) is 1.84. The van der Waals surface area contributed by atoms with E-state index >= 15 is 0 Å². The van der Waals surface area contributed by atoms with Gasteiger partial charge in [-0.05, 0) is 74.3 Å². The van der Waals surface area contributed by atoms with Crippen molar-refractivity contribution in [3.8, 4) is 11.3 Å². The van der Waals surface area contributed by atoms with Gasteiger partial charge >= 0.3 is 0 Å². The summed E-state index contributed by atoms with van der Waals surface area (Å²) >= 11 is 0. The van der Waals surface area contributed by atoms with Crippen LogP contribution >= 0.6 is 0 Å². The molecule has 40 heavy (non-hydrogen) atoms. The monoisotopic (exact) mass is 541 g/mol. The number of rotatable bonds is 4. The van der Waals surface area contributed by atoms with Crippen LogP contribution in [0.25, 0.3) is 22.3 Å². The minimum Gasteiger partial charge on any atom is -0.393 e. The van der Waals surface area contributed by atoms with Crippen molar-refractivity contribution in [2.24, 2.45) is 12.0 Å². The van der Waals surface area contributed by atoms with Gasteiger partial charge in [0, 0.05) is 56.6 Å². The largest absolute Gasteiger partial charge is 0.393 e. The number of piperidine rings is 1. The van der Waals surface area contributed by atoms with E-state index in [1.807, 2.05) is 18.1 Å². The number of nitrogens with one attached hydrogen (secondary N) is 1. The molecule has 1 aliphatic heterocycles. The molecule has 1 saturated heterocycles. The van der Waals surface area contributed by atoms with Gasteiger partial charge in [0.1, 0.15) is 0 Å². The van der Waals surface area contributed by atoms with E-state index in [1.165, 1.54) is 5.56 Å². The highest BCUT2D eigenvalue weighted by Gasteiger charge is 2.26. The number of likely N-dealkylation sites (tertiary alicyclic amines) is 1. The van der Waals surface area contributed by atoms with Gasteiger partial charge in [-0.3, -0.25) is 19.3 Å². The van der Waals surface area contributed by atoms with E-state index in [1.54, 1.807) is 36.1 Å². The predicted octanol–water partition coefficient (Wildman–Crippen LogP) is 3.71. The maximum absolute atomic E-state index is 13.4. The lowest BCUT2D eigenvalue weighted by Crippen LogP contribution is -2.36. The van der Waals surface area contributed by atoms with Gasteiger partial charge in [0.15, 0.2) is 0 Å². The van der Waals surface area contributed by atoms with Crippen LogP contribution in [0, 0.1) is 0 Å². The summed E-state index contributed by atoms with van der Waals surface area (Å²) in [4.78, 5) is 39.6. The van der Waals surface area contributed by atoms with Gasteiger partial charge in [-0.25, -0.2) is 0 Å². The van der Waals surface area contributed by atoms with E-state index < -0.39 is 0 Å². The molecular formula is C30H35N7O3. The van der Waals surface area contributed by atoms with E-state index in [4.69, 9.17) is 0 Å². The average Bonchev–Trinajstić information content (AvgIpc) is 3.56. The van der Waals surface area contributed by atoms with Crippen molar-refractivity contribution in [1.29, 1.82) is 0 Å². The number of H-pyrrole nitrogens is 1. The first-order chi connectivity index (χ1) is 19.4. The van der Waals surface area contributed by atoms with E-state index in [0.29, 0.717) is 22.8 Å². The third-order valence-corrected chi connectivity index (χ3v) is 8.41. The van der Waals surface area contributed by atoms with Gasteiger partial charge in [0.25, 0.3) is 5.91 Å². The van der Waals surface area contributed by atoms with Crippen LogP contribution in [0.15, 0.2) is 53.9 Å². The van der Waals surface area contributed by atoms with Crippen molar-refractivity contribution in [3.05, 3.63) is 65.7 Å². The van der Waals surface area contributed by atoms with Crippen LogP contribution in [-0.4, -0.2) is 65.3 Å². The van der Waals surface area contributed by atoms with Gasteiger partial charge in [0.2, 0.25) is 11.5 Å². The van der Waals surface area contributed by atoms with Crippen LogP contribution in [0.3, 0.4) is 0 Å². The Balaban J connectivity index is 1.36. The molecule has 0 spiro atoms. The van der Waals surface area contributed by atoms with Crippen molar-refractivity contribution >= 4 is 22.8 Å². The Kier molecular flexibility index (Phi) is 7.10. The zero-order chi connectivity index (χ0) is 27.8. The number of carbonyl (C=O) groups excluding carboxylic acids is 2. The first-order valence-electron chi connectivity index (χ1n) is 14.1. The third-order valence-electron chi connectivity index (χ3n) is 8.41. The number of imidazole rings is 1. The molecule has 4 aromatic rings. The molecular weight excluding hydrogens is 506 g/mol. The van der Waals surface area contributed by atoms with Crippen LogP contribution in [0.2, 0.25) is 0 Å². The van der Waals surface area contributed by atoms with Crippen LogP contribution < -0.4 is 5.62 Å². The molecule has 208 valence electrons. The fourth-order valence-electron chi connectivity index (χ4n) is 6.14. The van der Waals surface area contributed by atoms with Crippen molar-refractivity contribution in [2.45, 2.75) is 63.5 Å². The van der Waals surface area contributed by atoms with Crippen molar-refractivity contribution in [1.82, 2.24) is 29.2 Å². The van der Waals surface area contributed by atoms with Crippen LogP contribution in [-0.2, 0) is 11.8 Å². The van der Waals surface area contributed by atoms with Crippen molar-refractivity contribution in [3.63, 3.8) is 0 Å². The van der Waals surface area contributed by atoms with E-state index in [2.05, 4.69) is 42.8 Å². The van der Waals surface area contributed by atoms with E-state index in [-0.39, 0.29) is 24.0 Å². The number of aromatic amines is 1.